The molecule has 6 aliphatic heterocycles. The molecule has 29 nitrogen and oxygen atoms in total. The highest BCUT2D eigenvalue weighted by molar-refractivity contribution is 5.78. The van der Waals surface area contributed by atoms with Crippen LogP contribution in [0.5, 0.6) is 0 Å². The van der Waals surface area contributed by atoms with Crippen molar-refractivity contribution >= 4 is 53.7 Å². The molecule has 6 heterocycles. The number of esters is 9. The van der Waals surface area contributed by atoms with Gasteiger partial charge in [-0.05, 0) is 27.7 Å². The first-order chi connectivity index (χ1) is 36.2. The Kier molecular flexibility index (Phi) is 23.9. The molecule has 4 N–H and O–H groups in total. The third-order valence-corrected chi connectivity index (χ3v) is 10.7. The van der Waals surface area contributed by atoms with E-state index in [0.717, 1.165) is 55.4 Å². The van der Waals surface area contributed by atoms with Crippen molar-refractivity contribution < 1.29 is 139 Å². The van der Waals surface area contributed by atoms with Gasteiger partial charge in [0.15, 0.2) is 66.7 Å². The van der Waals surface area contributed by atoms with Crippen LogP contribution in [0, 0.1) is 37.0 Å². The number of terminal acetylenes is 3. The van der Waals surface area contributed by atoms with Gasteiger partial charge in [-0.1, -0.05) is 17.8 Å². The maximum absolute atomic E-state index is 11.4. The van der Waals surface area contributed by atoms with Crippen LogP contribution in [0.1, 0.15) is 83.1 Å². The molecule has 0 aromatic heterocycles. The number of fused-ring (bicyclic) bond motifs is 3. The second-order valence-electron chi connectivity index (χ2n) is 18.2. The van der Waals surface area contributed by atoms with Crippen molar-refractivity contribution in [3.63, 3.8) is 0 Å². The van der Waals surface area contributed by atoms with Crippen molar-refractivity contribution in [2.24, 2.45) is 0 Å². The van der Waals surface area contributed by atoms with Crippen LogP contribution in [0.15, 0.2) is 0 Å². The second-order valence-corrected chi connectivity index (χ2v) is 18.2. The van der Waals surface area contributed by atoms with Crippen LogP contribution in [0.25, 0.3) is 0 Å². The summed E-state index contributed by atoms with van der Waals surface area (Å²) in [7, 11) is 0. The molecule has 19 atom stereocenters. The summed E-state index contributed by atoms with van der Waals surface area (Å²) in [5.74, 6) is -1.16. The summed E-state index contributed by atoms with van der Waals surface area (Å²) in [5, 5.41) is 35.3. The summed E-state index contributed by atoms with van der Waals surface area (Å²) in [4.78, 5) is 101. The molecule has 0 aromatic carbocycles. The molecule has 78 heavy (non-hydrogen) atoms. The Labute approximate surface area is 447 Å². The Morgan fingerprint density at radius 2 is 0.962 bits per heavy atom. The largest absolute Gasteiger partial charge is 0.455 e. The monoisotopic (exact) mass is 1120 g/mol. The van der Waals surface area contributed by atoms with E-state index in [2.05, 4.69) is 22.5 Å². The minimum Gasteiger partial charge on any atom is -0.455 e. The van der Waals surface area contributed by atoms with Gasteiger partial charge in [-0.25, -0.2) is 4.79 Å². The number of hydrogen-bond acceptors (Lipinski definition) is 29. The molecule has 29 heteroatoms. The van der Waals surface area contributed by atoms with Gasteiger partial charge in [0.25, 0.3) is 0 Å². The third kappa shape index (κ3) is 18.3. The van der Waals surface area contributed by atoms with Crippen LogP contribution in [0.2, 0.25) is 0 Å². The molecule has 6 fully saturated rings. The summed E-state index contributed by atoms with van der Waals surface area (Å²) in [6.45, 7) is 15.7. The number of aliphatic hydroxyl groups is 4. The third-order valence-electron chi connectivity index (χ3n) is 10.7. The molecular weight excluding hydrogens is 1050 g/mol. The van der Waals surface area contributed by atoms with Crippen LogP contribution in [0.3, 0.4) is 0 Å². The zero-order chi connectivity index (χ0) is 59.3. The summed E-state index contributed by atoms with van der Waals surface area (Å²) < 4.78 is 84.2. The molecule has 0 amide bonds. The summed E-state index contributed by atoms with van der Waals surface area (Å²) >= 11 is 0. The predicted octanol–water partition coefficient (Wildman–Crippen LogP) is -2.59. The van der Waals surface area contributed by atoms with Crippen molar-refractivity contribution in [2.75, 3.05) is 6.61 Å². The van der Waals surface area contributed by atoms with Crippen molar-refractivity contribution in [3.8, 4) is 37.0 Å². The lowest BCUT2D eigenvalue weighted by Crippen LogP contribution is -2.61. The van der Waals surface area contributed by atoms with Gasteiger partial charge in [-0.3, -0.25) is 38.4 Å². The average molecular weight is 1120 g/mol. The van der Waals surface area contributed by atoms with Crippen molar-refractivity contribution in [3.05, 3.63) is 0 Å². The molecule has 0 saturated carbocycles. The number of carbonyl (C=O) groups excluding carboxylic acids is 9. The summed E-state index contributed by atoms with van der Waals surface area (Å²) in [5.41, 5.74) is 0. The molecule has 6 rings (SSSR count). The topological polar surface area (TPSA) is 382 Å². The number of cyclic esters (lactones) is 1. The van der Waals surface area contributed by atoms with E-state index in [1.165, 1.54) is 0 Å². The highest BCUT2D eigenvalue weighted by Gasteiger charge is 2.61. The van der Waals surface area contributed by atoms with Gasteiger partial charge in [0.1, 0.15) is 36.6 Å². The molecular formula is C49H64O29. The first kappa shape index (κ1) is 65.8. The number of ether oxygens (including phenoxy) is 16. The van der Waals surface area contributed by atoms with Gasteiger partial charge in [0.05, 0.1) is 6.61 Å². The van der Waals surface area contributed by atoms with Crippen LogP contribution < -0.4 is 0 Å². The summed E-state index contributed by atoms with van der Waals surface area (Å²) in [6, 6.07) is 0. The van der Waals surface area contributed by atoms with Crippen molar-refractivity contribution in [1.82, 2.24) is 0 Å². The number of carbonyl (C=O) groups is 9. The van der Waals surface area contributed by atoms with Crippen LogP contribution in [-0.2, 0) is 119 Å². The minimum atomic E-state index is -1.63. The van der Waals surface area contributed by atoms with Crippen molar-refractivity contribution in [2.45, 2.75) is 211 Å². The van der Waals surface area contributed by atoms with E-state index < -0.39 is 170 Å². The van der Waals surface area contributed by atoms with Crippen LogP contribution >= 0.6 is 0 Å². The predicted molar refractivity (Wildman–Crippen MR) is 248 cm³/mol. The van der Waals surface area contributed by atoms with E-state index in [1.807, 2.05) is 27.7 Å². The molecule has 0 radical (unpaired) electrons. The lowest BCUT2D eigenvalue weighted by Gasteiger charge is -2.42. The fourth-order valence-corrected chi connectivity index (χ4v) is 8.08. The maximum atomic E-state index is 11.4. The SMILES string of the molecule is C#CC1OC(OC(C)=O)C(OC(C)=O)C(OC(C)=O)C1OC(C)=O.C#CC1OC2OC(C)(C)OC2C2OC(C)(C)OC12.C#C[C@H](OC(C)=O)[C@H]1O[C@H](OC(C)=O)[C@H](OC(C)=O)C1OC(C)=O.O=C1O[C@H](C(O)CO)C(O)[C@H]1O. The average Bonchev–Trinajstić information content (AvgIpc) is 4.01. The fourth-order valence-electron chi connectivity index (χ4n) is 8.08. The zero-order valence-corrected chi connectivity index (χ0v) is 44.4. The molecule has 0 bridgehead atoms. The minimum absolute atomic E-state index is 0.262. The molecule has 6 saturated heterocycles. The highest BCUT2D eigenvalue weighted by atomic mass is 16.9. The van der Waals surface area contributed by atoms with Crippen molar-refractivity contribution in [1.29, 1.82) is 0 Å². The Morgan fingerprint density at radius 3 is 1.40 bits per heavy atom. The summed E-state index contributed by atoms with van der Waals surface area (Å²) in [6.07, 6.45) is -4.21. The lowest BCUT2D eigenvalue weighted by molar-refractivity contribution is -0.286. The van der Waals surface area contributed by atoms with E-state index in [1.54, 1.807) is 0 Å². The number of rotatable bonds is 11. The Balaban J connectivity index is 0.000000281. The first-order valence-corrected chi connectivity index (χ1v) is 23.5. The van der Waals surface area contributed by atoms with Gasteiger partial charge in [-0.2, -0.15) is 0 Å². The van der Waals surface area contributed by atoms with Crippen LogP contribution in [-0.4, -0.2) is 209 Å². The lowest BCUT2D eigenvalue weighted by atomic mass is 9.98. The van der Waals surface area contributed by atoms with E-state index in [-0.39, 0.29) is 18.3 Å². The Hall–Kier alpha value is -6.53. The number of aliphatic hydroxyl groups excluding tert-OH is 4. The van der Waals surface area contributed by atoms with Gasteiger partial charge in [-0.15, -0.1) is 19.3 Å². The fraction of sp³-hybridized carbons (Fsp3) is 0.694. The smallest absolute Gasteiger partial charge is 0.338 e. The van der Waals surface area contributed by atoms with Gasteiger partial charge >= 0.3 is 53.7 Å². The number of hydrogen-bond donors (Lipinski definition) is 4. The first-order valence-electron chi connectivity index (χ1n) is 23.5. The molecule has 13 unspecified atom stereocenters. The highest BCUT2D eigenvalue weighted by Crippen LogP contribution is 2.44. The Morgan fingerprint density at radius 1 is 0.538 bits per heavy atom. The van der Waals surface area contributed by atoms with E-state index in [9.17, 15) is 43.2 Å². The standard InChI is InChI=1S/2C15H18O9.C13H18O5.C6H10O6/c1-6-11-12(20-7(2)16)13(21-8(3)17)14(22-9(4)18)15(24-11)23-10(5)19;1-6-11(20-7(2)16)12-13(21-8(3)17)14(22-9(4)18)15(24-12)23-10(5)19;1-6-7-8-9(16-12(2,3)15-8)10-11(14-7)18-13(4,5)17-10;7-1-2(8)5-3(9)4(10)6(11)12-5/h2*1,11-15H,2-5H3;1,7-11H,2-5H3;2-5,7-10H,1H2/t;11-,12+,13?,14+,15-;;2?,3?,4-,5-/m.0.1/s1. The van der Waals surface area contributed by atoms with E-state index in [4.69, 9.17) is 111 Å². The molecule has 0 spiro atoms. The Bertz CT molecular complexity index is 2310. The van der Waals surface area contributed by atoms with Crippen LogP contribution in [0.4, 0.5) is 0 Å². The van der Waals surface area contributed by atoms with E-state index in [0.29, 0.717) is 0 Å². The van der Waals surface area contributed by atoms with E-state index >= 15 is 0 Å². The van der Waals surface area contributed by atoms with Gasteiger partial charge < -0.3 is 96.2 Å². The zero-order valence-electron chi connectivity index (χ0n) is 44.4. The normalized spacial score (nSPS) is 34.1. The molecule has 0 aromatic rings. The molecule has 434 valence electrons. The molecule has 6 aliphatic rings. The second kappa shape index (κ2) is 28.4. The quantitative estimate of drug-likeness (QED) is 0.0937. The van der Waals surface area contributed by atoms with Gasteiger partial charge in [0, 0.05) is 55.4 Å². The molecule has 0 aliphatic carbocycles. The van der Waals surface area contributed by atoms with Gasteiger partial charge in [0.2, 0.25) is 24.8 Å². The maximum Gasteiger partial charge on any atom is 0.338 e.